The van der Waals surface area contributed by atoms with Gasteiger partial charge in [0.15, 0.2) is 11.5 Å². The minimum absolute atomic E-state index is 0.113. The van der Waals surface area contributed by atoms with Gasteiger partial charge in [-0.05, 0) is 25.1 Å². The van der Waals surface area contributed by atoms with Gasteiger partial charge in [-0.3, -0.25) is 4.79 Å². The molecule has 2 aromatic rings. The van der Waals surface area contributed by atoms with Crippen LogP contribution in [0.25, 0.3) is 0 Å². The molecule has 0 unspecified atom stereocenters. The van der Waals surface area contributed by atoms with E-state index < -0.39 is 0 Å². The van der Waals surface area contributed by atoms with E-state index in [4.69, 9.17) is 9.47 Å². The molecular formula is C17H23N3O4. The number of carbonyl (C=O) groups excluding carboxylic acids is 1. The van der Waals surface area contributed by atoms with Crippen LogP contribution in [-0.4, -0.2) is 52.3 Å². The Kier molecular flexibility index (Phi) is 6.20. The molecule has 0 spiro atoms. The number of carbonyl (C=O) groups is 1. The zero-order valence-corrected chi connectivity index (χ0v) is 14.2. The molecule has 7 heteroatoms. The third-order valence-electron chi connectivity index (χ3n) is 3.64. The molecule has 0 radical (unpaired) electrons. The van der Waals surface area contributed by atoms with Crippen molar-refractivity contribution in [2.24, 2.45) is 7.05 Å². The standard InChI is InChI=1S/C17H23N3O4/c1-4-24-15-6-5-13(9-16(15)23-3)17(22)20(7-8-21)11-14-10-18-12-19(14)2/h5-6,9-10,12,21H,4,7-8,11H2,1-3H3. The van der Waals surface area contributed by atoms with Crippen LogP contribution in [0, 0.1) is 0 Å². The van der Waals surface area contributed by atoms with Crippen LogP contribution in [0.5, 0.6) is 11.5 Å². The number of rotatable bonds is 8. The molecule has 0 fully saturated rings. The number of aromatic nitrogens is 2. The Hall–Kier alpha value is -2.54. The molecule has 130 valence electrons. The van der Waals surface area contributed by atoms with Gasteiger partial charge in [0.2, 0.25) is 0 Å². The Labute approximate surface area is 141 Å². The van der Waals surface area contributed by atoms with Crippen LogP contribution < -0.4 is 9.47 Å². The summed E-state index contributed by atoms with van der Waals surface area (Å²) in [5.41, 5.74) is 1.36. The predicted molar refractivity (Wildman–Crippen MR) is 89.2 cm³/mol. The molecule has 0 aliphatic rings. The number of hydrogen-bond donors (Lipinski definition) is 1. The second-order valence-electron chi connectivity index (χ2n) is 5.24. The monoisotopic (exact) mass is 333 g/mol. The molecule has 2 rings (SSSR count). The topological polar surface area (TPSA) is 76.8 Å². The fourth-order valence-electron chi connectivity index (χ4n) is 2.36. The fourth-order valence-corrected chi connectivity index (χ4v) is 2.36. The second-order valence-corrected chi connectivity index (χ2v) is 5.24. The van der Waals surface area contributed by atoms with Crippen LogP contribution in [0.15, 0.2) is 30.7 Å². The molecule has 0 saturated carbocycles. The number of ether oxygens (including phenoxy) is 2. The summed E-state index contributed by atoms with van der Waals surface area (Å²) in [7, 11) is 3.40. The lowest BCUT2D eigenvalue weighted by Gasteiger charge is -2.22. The predicted octanol–water partition coefficient (Wildman–Crippen LogP) is 1.46. The number of aryl methyl sites for hydroxylation is 1. The lowest BCUT2D eigenvalue weighted by molar-refractivity contribution is 0.0703. The first-order chi connectivity index (χ1) is 11.6. The average molecular weight is 333 g/mol. The number of aliphatic hydroxyl groups is 1. The summed E-state index contributed by atoms with van der Waals surface area (Å²) in [5, 5.41) is 9.28. The van der Waals surface area contributed by atoms with Crippen LogP contribution in [0.1, 0.15) is 23.0 Å². The van der Waals surface area contributed by atoms with Gasteiger partial charge in [0.25, 0.3) is 5.91 Å². The SMILES string of the molecule is CCOc1ccc(C(=O)N(CCO)Cc2cncn2C)cc1OC. The molecule has 1 heterocycles. The van der Waals surface area contributed by atoms with Gasteiger partial charge in [0.1, 0.15) is 0 Å². The first-order valence-electron chi connectivity index (χ1n) is 7.76. The third kappa shape index (κ3) is 4.05. The van der Waals surface area contributed by atoms with Crippen molar-refractivity contribution in [3.05, 3.63) is 42.0 Å². The fraction of sp³-hybridized carbons (Fsp3) is 0.412. The first kappa shape index (κ1) is 17.8. The molecule has 0 bridgehead atoms. The summed E-state index contributed by atoms with van der Waals surface area (Å²) in [6.45, 7) is 2.89. The molecule has 1 aromatic heterocycles. The molecule has 0 aliphatic heterocycles. The number of aliphatic hydroxyl groups excluding tert-OH is 1. The lowest BCUT2D eigenvalue weighted by Crippen LogP contribution is -2.33. The average Bonchev–Trinajstić information content (AvgIpc) is 2.99. The minimum Gasteiger partial charge on any atom is -0.493 e. The number of amides is 1. The Balaban J connectivity index is 2.24. The number of imidazole rings is 1. The van der Waals surface area contributed by atoms with E-state index in [-0.39, 0.29) is 19.1 Å². The summed E-state index contributed by atoms with van der Waals surface area (Å²) in [6.07, 6.45) is 3.38. The molecular weight excluding hydrogens is 310 g/mol. The largest absolute Gasteiger partial charge is 0.493 e. The highest BCUT2D eigenvalue weighted by atomic mass is 16.5. The van der Waals surface area contributed by atoms with Crippen LogP contribution in [0.3, 0.4) is 0 Å². The van der Waals surface area contributed by atoms with Gasteiger partial charge in [-0.2, -0.15) is 0 Å². The van der Waals surface area contributed by atoms with Crippen LogP contribution in [0.2, 0.25) is 0 Å². The van der Waals surface area contributed by atoms with E-state index in [0.29, 0.717) is 30.2 Å². The maximum absolute atomic E-state index is 12.8. The number of hydrogen-bond acceptors (Lipinski definition) is 5. The van der Waals surface area contributed by atoms with Gasteiger partial charge >= 0.3 is 0 Å². The summed E-state index contributed by atoms with van der Waals surface area (Å²) in [4.78, 5) is 18.4. The minimum atomic E-state index is -0.188. The summed E-state index contributed by atoms with van der Waals surface area (Å²) >= 11 is 0. The molecule has 0 saturated heterocycles. The van der Waals surface area contributed by atoms with Crippen molar-refractivity contribution in [3.8, 4) is 11.5 Å². The molecule has 0 atom stereocenters. The van der Waals surface area contributed by atoms with Crippen LogP contribution >= 0.6 is 0 Å². The van der Waals surface area contributed by atoms with Crippen molar-refractivity contribution >= 4 is 5.91 Å². The molecule has 1 amide bonds. The van der Waals surface area contributed by atoms with Gasteiger partial charge in [-0.1, -0.05) is 0 Å². The van der Waals surface area contributed by atoms with E-state index in [2.05, 4.69) is 4.98 Å². The Morgan fingerprint density at radius 1 is 1.38 bits per heavy atom. The van der Waals surface area contributed by atoms with Gasteiger partial charge in [-0.25, -0.2) is 4.98 Å². The summed E-state index contributed by atoms with van der Waals surface area (Å²) in [6, 6.07) is 5.07. The van der Waals surface area contributed by atoms with E-state index in [0.717, 1.165) is 5.69 Å². The van der Waals surface area contributed by atoms with Crippen LogP contribution in [-0.2, 0) is 13.6 Å². The molecule has 1 aromatic carbocycles. The zero-order valence-electron chi connectivity index (χ0n) is 14.2. The van der Waals surface area contributed by atoms with Gasteiger partial charge < -0.3 is 24.0 Å². The Morgan fingerprint density at radius 3 is 2.75 bits per heavy atom. The molecule has 24 heavy (non-hydrogen) atoms. The maximum Gasteiger partial charge on any atom is 0.254 e. The quantitative estimate of drug-likeness (QED) is 0.791. The normalized spacial score (nSPS) is 10.5. The highest BCUT2D eigenvalue weighted by Gasteiger charge is 2.19. The second kappa shape index (κ2) is 8.35. The van der Waals surface area contributed by atoms with Crippen molar-refractivity contribution in [2.45, 2.75) is 13.5 Å². The van der Waals surface area contributed by atoms with Crippen molar-refractivity contribution in [3.63, 3.8) is 0 Å². The van der Waals surface area contributed by atoms with Crippen molar-refractivity contribution in [2.75, 3.05) is 26.9 Å². The summed E-state index contributed by atoms with van der Waals surface area (Å²) in [5.74, 6) is 0.913. The first-order valence-corrected chi connectivity index (χ1v) is 7.76. The van der Waals surface area contributed by atoms with E-state index in [9.17, 15) is 9.90 Å². The Bertz CT molecular complexity index is 684. The smallest absolute Gasteiger partial charge is 0.254 e. The number of benzene rings is 1. The highest BCUT2D eigenvalue weighted by molar-refractivity contribution is 5.94. The number of nitrogens with zero attached hydrogens (tertiary/aromatic N) is 3. The van der Waals surface area contributed by atoms with E-state index in [1.807, 2.05) is 18.5 Å². The number of methoxy groups -OCH3 is 1. The zero-order chi connectivity index (χ0) is 17.5. The van der Waals surface area contributed by atoms with Gasteiger partial charge in [0.05, 0.1) is 38.9 Å². The molecule has 7 nitrogen and oxygen atoms in total. The van der Waals surface area contributed by atoms with Crippen molar-refractivity contribution in [1.29, 1.82) is 0 Å². The molecule has 1 N–H and O–H groups in total. The van der Waals surface area contributed by atoms with Crippen molar-refractivity contribution < 1.29 is 19.4 Å². The van der Waals surface area contributed by atoms with E-state index >= 15 is 0 Å². The van der Waals surface area contributed by atoms with E-state index in [1.165, 1.54) is 7.11 Å². The van der Waals surface area contributed by atoms with Crippen molar-refractivity contribution in [1.82, 2.24) is 14.5 Å². The Morgan fingerprint density at radius 2 is 2.17 bits per heavy atom. The van der Waals surface area contributed by atoms with E-state index in [1.54, 1.807) is 35.6 Å². The maximum atomic E-state index is 12.8. The van der Waals surface area contributed by atoms with Crippen LogP contribution in [0.4, 0.5) is 0 Å². The third-order valence-corrected chi connectivity index (χ3v) is 3.64. The van der Waals surface area contributed by atoms with Gasteiger partial charge in [0, 0.05) is 25.4 Å². The highest BCUT2D eigenvalue weighted by Crippen LogP contribution is 2.28. The summed E-state index contributed by atoms with van der Waals surface area (Å²) < 4.78 is 12.6. The lowest BCUT2D eigenvalue weighted by atomic mass is 10.1. The molecule has 0 aliphatic carbocycles. The van der Waals surface area contributed by atoms with Gasteiger partial charge in [-0.15, -0.1) is 0 Å².